The first kappa shape index (κ1) is 15.2. The Balaban J connectivity index is 1.86. The van der Waals surface area contributed by atoms with Crippen LogP contribution in [0, 0.1) is 12.8 Å². The van der Waals surface area contributed by atoms with E-state index in [2.05, 4.69) is 15.5 Å². The van der Waals surface area contributed by atoms with E-state index in [9.17, 15) is 4.79 Å². The minimum atomic E-state index is 0.0586. The first-order valence-electron chi connectivity index (χ1n) is 7.20. The predicted octanol–water partition coefficient (Wildman–Crippen LogP) is 2.75. The molecule has 0 spiro atoms. The molecule has 0 aliphatic heterocycles. The molecule has 0 atom stereocenters. The van der Waals surface area contributed by atoms with Gasteiger partial charge in [-0.2, -0.15) is 0 Å². The fraction of sp³-hybridized carbons (Fsp3) is 0.438. The van der Waals surface area contributed by atoms with E-state index in [1.807, 2.05) is 45.0 Å². The van der Waals surface area contributed by atoms with Crippen molar-refractivity contribution in [2.24, 2.45) is 5.92 Å². The molecule has 21 heavy (non-hydrogen) atoms. The van der Waals surface area contributed by atoms with Gasteiger partial charge in [-0.3, -0.25) is 4.79 Å². The topological polar surface area (TPSA) is 68.0 Å². The number of carbonyl (C=O) groups is 1. The summed E-state index contributed by atoms with van der Waals surface area (Å²) in [5.41, 5.74) is 2.09. The molecule has 0 saturated carbocycles. The van der Waals surface area contributed by atoms with Crippen LogP contribution in [-0.4, -0.2) is 22.6 Å². The van der Waals surface area contributed by atoms with Gasteiger partial charge in [-0.1, -0.05) is 31.5 Å². The van der Waals surface area contributed by atoms with Gasteiger partial charge >= 0.3 is 0 Å². The summed E-state index contributed by atoms with van der Waals surface area (Å²) in [5, 5.41) is 10.9. The quantitative estimate of drug-likeness (QED) is 0.887. The van der Waals surface area contributed by atoms with Gasteiger partial charge in [0.05, 0.1) is 0 Å². The highest BCUT2D eigenvalue weighted by Crippen LogP contribution is 2.18. The number of nitrogens with zero attached hydrogens (tertiary/aromatic N) is 2. The summed E-state index contributed by atoms with van der Waals surface area (Å²) in [7, 11) is 0. The van der Waals surface area contributed by atoms with E-state index in [4.69, 9.17) is 4.42 Å². The number of rotatable bonds is 6. The lowest BCUT2D eigenvalue weighted by molar-refractivity contribution is -0.121. The van der Waals surface area contributed by atoms with Crippen LogP contribution in [0.5, 0.6) is 0 Å². The molecule has 112 valence electrons. The van der Waals surface area contributed by atoms with E-state index in [1.54, 1.807) is 0 Å². The third-order valence-electron chi connectivity index (χ3n) is 3.02. The van der Waals surface area contributed by atoms with Crippen molar-refractivity contribution in [2.75, 3.05) is 6.54 Å². The number of amides is 1. The number of hydrogen-bond donors (Lipinski definition) is 1. The van der Waals surface area contributed by atoms with Gasteiger partial charge in [0.15, 0.2) is 0 Å². The van der Waals surface area contributed by atoms with Crippen molar-refractivity contribution in [3.63, 3.8) is 0 Å². The van der Waals surface area contributed by atoms with E-state index >= 15 is 0 Å². The highest BCUT2D eigenvalue weighted by atomic mass is 16.4. The molecule has 1 amide bonds. The van der Waals surface area contributed by atoms with Crippen LogP contribution in [0.4, 0.5) is 0 Å². The van der Waals surface area contributed by atoms with Crippen LogP contribution in [0.25, 0.3) is 11.5 Å². The van der Waals surface area contributed by atoms with Crippen molar-refractivity contribution in [2.45, 2.75) is 33.6 Å². The molecule has 1 aromatic carbocycles. The Morgan fingerprint density at radius 2 is 1.95 bits per heavy atom. The molecule has 2 aromatic rings. The molecular weight excluding hydrogens is 266 g/mol. The molecule has 0 aliphatic rings. The van der Waals surface area contributed by atoms with Crippen LogP contribution in [-0.2, 0) is 11.2 Å². The van der Waals surface area contributed by atoms with E-state index in [-0.39, 0.29) is 5.91 Å². The van der Waals surface area contributed by atoms with Crippen LogP contribution in [0.3, 0.4) is 0 Å². The second-order valence-electron chi connectivity index (χ2n) is 5.56. The largest absolute Gasteiger partial charge is 0.421 e. The minimum Gasteiger partial charge on any atom is -0.421 e. The van der Waals surface area contributed by atoms with Gasteiger partial charge in [0.1, 0.15) is 0 Å². The fourth-order valence-corrected chi connectivity index (χ4v) is 1.92. The van der Waals surface area contributed by atoms with Crippen LogP contribution in [0.2, 0.25) is 0 Å². The average Bonchev–Trinajstić information content (AvgIpc) is 2.87. The van der Waals surface area contributed by atoms with Crippen molar-refractivity contribution >= 4 is 5.91 Å². The lowest BCUT2D eigenvalue weighted by atomic mass is 10.1. The van der Waals surface area contributed by atoms with Crippen molar-refractivity contribution in [3.05, 3.63) is 35.7 Å². The van der Waals surface area contributed by atoms with Crippen LogP contribution in [0.15, 0.2) is 28.7 Å². The van der Waals surface area contributed by atoms with Crippen LogP contribution in [0.1, 0.15) is 31.7 Å². The molecule has 1 N–H and O–H groups in total. The van der Waals surface area contributed by atoms with Crippen molar-refractivity contribution in [1.82, 2.24) is 15.5 Å². The van der Waals surface area contributed by atoms with Crippen LogP contribution >= 0.6 is 0 Å². The second kappa shape index (κ2) is 7.02. The van der Waals surface area contributed by atoms with Gasteiger partial charge < -0.3 is 9.73 Å². The first-order chi connectivity index (χ1) is 10.0. The summed E-state index contributed by atoms with van der Waals surface area (Å²) in [5.74, 6) is 1.47. The minimum absolute atomic E-state index is 0.0586. The van der Waals surface area contributed by atoms with Gasteiger partial charge in [0.2, 0.25) is 17.7 Å². The number of nitrogens with one attached hydrogen (secondary N) is 1. The zero-order valence-electron chi connectivity index (χ0n) is 12.7. The van der Waals surface area contributed by atoms with E-state index in [1.165, 1.54) is 5.56 Å². The Kier molecular flexibility index (Phi) is 5.09. The van der Waals surface area contributed by atoms with Gasteiger partial charge in [0.25, 0.3) is 0 Å². The predicted molar refractivity (Wildman–Crippen MR) is 80.6 cm³/mol. The average molecular weight is 287 g/mol. The molecular formula is C16H21N3O2. The lowest BCUT2D eigenvalue weighted by Crippen LogP contribution is -2.26. The van der Waals surface area contributed by atoms with Crippen molar-refractivity contribution in [1.29, 1.82) is 0 Å². The maximum absolute atomic E-state index is 11.5. The molecule has 0 fully saturated rings. The highest BCUT2D eigenvalue weighted by Gasteiger charge is 2.09. The number of carbonyl (C=O) groups excluding carboxylic acids is 1. The fourth-order valence-electron chi connectivity index (χ4n) is 1.92. The molecule has 1 heterocycles. The molecule has 5 nitrogen and oxygen atoms in total. The number of hydrogen-bond acceptors (Lipinski definition) is 4. The third-order valence-corrected chi connectivity index (χ3v) is 3.02. The summed E-state index contributed by atoms with van der Waals surface area (Å²) in [4.78, 5) is 11.5. The van der Waals surface area contributed by atoms with E-state index in [0.29, 0.717) is 37.1 Å². The Labute approximate surface area is 124 Å². The Bertz CT molecular complexity index is 588. The maximum Gasteiger partial charge on any atom is 0.247 e. The van der Waals surface area contributed by atoms with Gasteiger partial charge in [-0.05, 0) is 25.0 Å². The second-order valence-corrected chi connectivity index (χ2v) is 5.56. The number of aryl methyl sites for hydroxylation is 1. The summed E-state index contributed by atoms with van der Waals surface area (Å²) in [6.07, 6.45) is 1.08. The molecule has 0 aliphatic carbocycles. The lowest BCUT2D eigenvalue weighted by Gasteiger charge is -2.05. The summed E-state index contributed by atoms with van der Waals surface area (Å²) in [6, 6.07) is 7.92. The van der Waals surface area contributed by atoms with Gasteiger partial charge in [-0.25, -0.2) is 0 Å². The number of aromatic nitrogens is 2. The highest BCUT2D eigenvalue weighted by molar-refractivity contribution is 5.76. The molecule has 1 aromatic heterocycles. The van der Waals surface area contributed by atoms with E-state index in [0.717, 1.165) is 5.56 Å². The Hall–Kier alpha value is -2.17. The maximum atomic E-state index is 11.5. The molecule has 0 bridgehead atoms. The van der Waals surface area contributed by atoms with Crippen molar-refractivity contribution < 1.29 is 9.21 Å². The summed E-state index contributed by atoms with van der Waals surface area (Å²) >= 11 is 0. The Morgan fingerprint density at radius 3 is 2.62 bits per heavy atom. The third kappa shape index (κ3) is 4.70. The molecule has 0 radical (unpaired) electrons. The first-order valence-corrected chi connectivity index (χ1v) is 7.20. The standard InChI is InChI=1S/C16H21N3O2/c1-11(2)10-14(20)17-9-8-15-18-19-16(21-15)13-6-4-12(3)5-7-13/h4-7,11H,8-10H2,1-3H3,(H,17,20). The molecule has 0 unspecified atom stereocenters. The van der Waals surface area contributed by atoms with E-state index < -0.39 is 0 Å². The monoisotopic (exact) mass is 287 g/mol. The molecule has 0 saturated heterocycles. The SMILES string of the molecule is Cc1ccc(-c2nnc(CCNC(=O)CC(C)C)o2)cc1. The number of benzene rings is 1. The van der Waals surface area contributed by atoms with Crippen molar-refractivity contribution in [3.8, 4) is 11.5 Å². The van der Waals surface area contributed by atoms with Gasteiger partial charge in [-0.15, -0.1) is 10.2 Å². The normalized spacial score (nSPS) is 10.9. The Morgan fingerprint density at radius 1 is 1.24 bits per heavy atom. The summed E-state index contributed by atoms with van der Waals surface area (Å²) < 4.78 is 5.60. The molecule has 5 heteroatoms. The van der Waals surface area contributed by atoms with Gasteiger partial charge in [0, 0.05) is 24.9 Å². The zero-order chi connectivity index (χ0) is 15.2. The molecule has 2 rings (SSSR count). The zero-order valence-corrected chi connectivity index (χ0v) is 12.7. The smallest absolute Gasteiger partial charge is 0.247 e. The summed E-state index contributed by atoms with van der Waals surface area (Å²) in [6.45, 7) is 6.58. The van der Waals surface area contributed by atoms with Crippen LogP contribution < -0.4 is 5.32 Å².